The minimum atomic E-state index is -0.158. The van der Waals surface area contributed by atoms with Crippen LogP contribution in [0.25, 0.3) is 0 Å². The van der Waals surface area contributed by atoms with Gasteiger partial charge in [0.05, 0.1) is 6.10 Å². The van der Waals surface area contributed by atoms with E-state index in [1.54, 1.807) is 12.1 Å². The third-order valence-electron chi connectivity index (χ3n) is 4.54. The van der Waals surface area contributed by atoms with Gasteiger partial charge in [0, 0.05) is 25.7 Å². The summed E-state index contributed by atoms with van der Waals surface area (Å²) in [6.07, 6.45) is 2.96. The van der Waals surface area contributed by atoms with Crippen molar-refractivity contribution < 1.29 is 9.13 Å². The van der Waals surface area contributed by atoms with Crippen LogP contribution in [0.1, 0.15) is 32.3 Å². The molecule has 0 spiro atoms. The second kappa shape index (κ2) is 5.82. The number of hydrogen-bond acceptors (Lipinski definition) is 2. The average Bonchev–Trinajstić information content (AvgIpc) is 2.95. The maximum atomic E-state index is 13.0. The molecule has 0 N–H and O–H groups in total. The standard InChI is InChI=1S/C17H24FNO/c1-12(2)11-20-17-14-5-8-16(17)19(10-14)9-13-3-6-15(18)7-4-13/h3-4,6-7,12,14,16-17H,5,8-11H2,1-2H3/t14-,16+,17-/m0/s1. The monoisotopic (exact) mass is 277 g/mol. The van der Waals surface area contributed by atoms with Gasteiger partial charge in [-0.2, -0.15) is 0 Å². The first-order valence-corrected chi connectivity index (χ1v) is 7.73. The van der Waals surface area contributed by atoms with E-state index in [0.29, 0.717) is 24.0 Å². The Labute approximate surface area is 120 Å². The summed E-state index contributed by atoms with van der Waals surface area (Å²) in [6, 6.07) is 7.45. The summed E-state index contributed by atoms with van der Waals surface area (Å²) < 4.78 is 19.1. The van der Waals surface area contributed by atoms with Gasteiger partial charge in [0.15, 0.2) is 0 Å². The van der Waals surface area contributed by atoms with Crippen LogP contribution in [0.4, 0.5) is 4.39 Å². The molecule has 0 radical (unpaired) electrons. The molecule has 3 rings (SSSR count). The number of rotatable bonds is 5. The summed E-state index contributed by atoms with van der Waals surface area (Å²) in [6.45, 7) is 7.32. The molecular weight excluding hydrogens is 253 g/mol. The van der Waals surface area contributed by atoms with Gasteiger partial charge in [0.2, 0.25) is 0 Å². The summed E-state index contributed by atoms with van der Waals surface area (Å²) in [5.41, 5.74) is 1.20. The van der Waals surface area contributed by atoms with Crippen molar-refractivity contribution in [1.29, 1.82) is 0 Å². The molecule has 1 aliphatic carbocycles. The van der Waals surface area contributed by atoms with Gasteiger partial charge < -0.3 is 4.74 Å². The van der Waals surface area contributed by atoms with E-state index in [0.717, 1.165) is 19.7 Å². The quantitative estimate of drug-likeness (QED) is 0.817. The number of ether oxygens (including phenoxy) is 1. The van der Waals surface area contributed by atoms with Crippen molar-refractivity contribution in [1.82, 2.24) is 4.90 Å². The molecule has 2 fully saturated rings. The summed E-state index contributed by atoms with van der Waals surface area (Å²) in [4.78, 5) is 2.52. The van der Waals surface area contributed by atoms with Crippen LogP contribution in [-0.4, -0.2) is 30.2 Å². The number of fused-ring (bicyclic) bond motifs is 2. The molecule has 2 nitrogen and oxygen atoms in total. The summed E-state index contributed by atoms with van der Waals surface area (Å²) in [5, 5.41) is 0. The smallest absolute Gasteiger partial charge is 0.123 e. The molecule has 1 saturated carbocycles. The average molecular weight is 277 g/mol. The highest BCUT2D eigenvalue weighted by molar-refractivity contribution is 5.17. The molecule has 0 aromatic heterocycles. The summed E-state index contributed by atoms with van der Waals surface area (Å²) in [7, 11) is 0. The number of halogens is 1. The Kier molecular flexibility index (Phi) is 4.08. The molecule has 20 heavy (non-hydrogen) atoms. The number of likely N-dealkylation sites (tertiary alicyclic amines) is 1. The molecule has 2 aliphatic rings. The molecule has 3 heteroatoms. The predicted molar refractivity (Wildman–Crippen MR) is 77.9 cm³/mol. The lowest BCUT2D eigenvalue weighted by Crippen LogP contribution is -2.35. The fraction of sp³-hybridized carbons (Fsp3) is 0.647. The molecule has 1 aromatic carbocycles. The van der Waals surface area contributed by atoms with E-state index in [1.165, 1.54) is 18.4 Å². The molecule has 0 unspecified atom stereocenters. The van der Waals surface area contributed by atoms with Gasteiger partial charge in [-0.15, -0.1) is 0 Å². The first-order chi connectivity index (χ1) is 9.63. The third kappa shape index (κ3) is 2.89. The van der Waals surface area contributed by atoms with E-state index < -0.39 is 0 Å². The van der Waals surface area contributed by atoms with Crippen molar-refractivity contribution in [2.45, 2.75) is 45.4 Å². The van der Waals surface area contributed by atoms with Crippen molar-refractivity contribution in [3.63, 3.8) is 0 Å². The predicted octanol–water partition coefficient (Wildman–Crippen LogP) is 3.46. The zero-order valence-corrected chi connectivity index (χ0v) is 12.4. The second-order valence-electron chi connectivity index (χ2n) is 6.65. The van der Waals surface area contributed by atoms with E-state index in [2.05, 4.69) is 18.7 Å². The number of benzene rings is 1. The van der Waals surface area contributed by atoms with Crippen LogP contribution < -0.4 is 0 Å². The Hall–Kier alpha value is -0.930. The van der Waals surface area contributed by atoms with E-state index in [9.17, 15) is 4.39 Å². The Bertz CT molecular complexity index is 445. The van der Waals surface area contributed by atoms with E-state index >= 15 is 0 Å². The minimum absolute atomic E-state index is 0.158. The molecule has 1 aliphatic heterocycles. The molecule has 110 valence electrons. The lowest BCUT2D eigenvalue weighted by Gasteiger charge is -2.27. The van der Waals surface area contributed by atoms with Gasteiger partial charge in [0.1, 0.15) is 5.82 Å². The number of piperidine rings is 1. The van der Waals surface area contributed by atoms with Gasteiger partial charge in [-0.1, -0.05) is 26.0 Å². The summed E-state index contributed by atoms with van der Waals surface area (Å²) >= 11 is 0. The van der Waals surface area contributed by atoms with Crippen LogP contribution in [-0.2, 0) is 11.3 Å². The SMILES string of the molecule is CC(C)CO[C@H]1[C@H]2CC[C@H]1N(Cc1ccc(F)cc1)C2. The molecule has 1 heterocycles. The zero-order chi connectivity index (χ0) is 14.1. The first-order valence-electron chi connectivity index (χ1n) is 7.73. The molecular formula is C17H24FNO. The third-order valence-corrected chi connectivity index (χ3v) is 4.54. The second-order valence-corrected chi connectivity index (χ2v) is 6.65. The van der Waals surface area contributed by atoms with E-state index in [-0.39, 0.29) is 5.82 Å². The maximum absolute atomic E-state index is 13.0. The molecule has 1 saturated heterocycles. The molecule has 0 amide bonds. The highest BCUT2D eigenvalue weighted by Crippen LogP contribution is 2.40. The van der Waals surface area contributed by atoms with Crippen molar-refractivity contribution in [2.24, 2.45) is 11.8 Å². The first kappa shape index (κ1) is 14.0. The highest BCUT2D eigenvalue weighted by atomic mass is 19.1. The lowest BCUT2D eigenvalue weighted by atomic mass is 10.1. The van der Waals surface area contributed by atoms with Gasteiger partial charge in [0.25, 0.3) is 0 Å². The molecule has 2 bridgehead atoms. The largest absolute Gasteiger partial charge is 0.376 e. The Morgan fingerprint density at radius 3 is 2.70 bits per heavy atom. The normalized spacial score (nSPS) is 29.5. The van der Waals surface area contributed by atoms with Crippen molar-refractivity contribution in [3.05, 3.63) is 35.6 Å². The fourth-order valence-corrected chi connectivity index (χ4v) is 3.61. The highest BCUT2D eigenvalue weighted by Gasteiger charge is 2.47. The van der Waals surface area contributed by atoms with Gasteiger partial charge in [-0.3, -0.25) is 4.90 Å². The Morgan fingerprint density at radius 2 is 2.00 bits per heavy atom. The number of hydrogen-bond donors (Lipinski definition) is 0. The van der Waals surface area contributed by atoms with Crippen LogP contribution in [0.15, 0.2) is 24.3 Å². The molecule has 3 atom stereocenters. The van der Waals surface area contributed by atoms with E-state index in [4.69, 9.17) is 4.74 Å². The van der Waals surface area contributed by atoms with Crippen molar-refractivity contribution >= 4 is 0 Å². The van der Waals surface area contributed by atoms with Crippen molar-refractivity contribution in [2.75, 3.05) is 13.2 Å². The number of nitrogens with zero attached hydrogens (tertiary/aromatic N) is 1. The van der Waals surface area contributed by atoms with Gasteiger partial charge in [-0.25, -0.2) is 4.39 Å². The van der Waals surface area contributed by atoms with Crippen LogP contribution in [0.5, 0.6) is 0 Å². The van der Waals surface area contributed by atoms with Crippen LogP contribution in [0.2, 0.25) is 0 Å². The van der Waals surface area contributed by atoms with Crippen LogP contribution in [0.3, 0.4) is 0 Å². The van der Waals surface area contributed by atoms with Gasteiger partial charge >= 0.3 is 0 Å². The summed E-state index contributed by atoms with van der Waals surface area (Å²) in [5.74, 6) is 1.13. The van der Waals surface area contributed by atoms with Gasteiger partial charge in [-0.05, 0) is 42.4 Å². The fourth-order valence-electron chi connectivity index (χ4n) is 3.61. The van der Waals surface area contributed by atoms with Crippen LogP contribution in [0, 0.1) is 17.7 Å². The lowest BCUT2D eigenvalue weighted by molar-refractivity contribution is 0.0123. The topological polar surface area (TPSA) is 12.5 Å². The van der Waals surface area contributed by atoms with E-state index in [1.807, 2.05) is 12.1 Å². The van der Waals surface area contributed by atoms with Crippen molar-refractivity contribution in [3.8, 4) is 0 Å². The minimum Gasteiger partial charge on any atom is -0.376 e. The maximum Gasteiger partial charge on any atom is 0.123 e. The molecule has 1 aromatic rings. The Morgan fingerprint density at radius 1 is 1.25 bits per heavy atom. The zero-order valence-electron chi connectivity index (χ0n) is 12.4. The van der Waals surface area contributed by atoms with Crippen LogP contribution >= 0.6 is 0 Å². The Balaban J connectivity index is 1.61.